The second-order valence-corrected chi connectivity index (χ2v) is 4.39. The summed E-state index contributed by atoms with van der Waals surface area (Å²) >= 11 is 10.9. The van der Waals surface area contributed by atoms with Gasteiger partial charge in [-0.1, -0.05) is 23.2 Å². The molecule has 90 valence electrons. The lowest BCUT2D eigenvalue weighted by molar-refractivity contribution is -0.128. The predicted molar refractivity (Wildman–Crippen MR) is 61.4 cm³/mol. The summed E-state index contributed by atoms with van der Waals surface area (Å²) in [5, 5.41) is 0. The lowest BCUT2D eigenvalue weighted by Gasteiger charge is -2.15. The maximum absolute atomic E-state index is 11.4. The number of rotatable bonds is 5. The molecule has 0 unspecified atom stereocenters. The molecule has 0 radical (unpaired) electrons. The maximum atomic E-state index is 11.4. The molecule has 0 fully saturated rings. The second-order valence-electron chi connectivity index (χ2n) is 3.30. The van der Waals surface area contributed by atoms with E-state index in [0.29, 0.717) is 24.7 Å². The molecule has 0 saturated carbocycles. The molecular weight excluding hydrogens is 253 g/mol. The first kappa shape index (κ1) is 13.4. The maximum Gasteiger partial charge on any atom is 0.256 e. The summed E-state index contributed by atoms with van der Waals surface area (Å²) in [6.45, 7) is 0.740. The van der Waals surface area contributed by atoms with Gasteiger partial charge in [0.1, 0.15) is 18.1 Å². The van der Waals surface area contributed by atoms with Gasteiger partial charge in [-0.15, -0.1) is 0 Å². The van der Waals surface area contributed by atoms with Crippen molar-refractivity contribution in [3.8, 4) is 0 Å². The van der Waals surface area contributed by atoms with Gasteiger partial charge in [-0.05, 0) is 12.1 Å². The number of alkyl halides is 2. The number of hydrogen-bond acceptors (Lipinski definition) is 3. The molecule has 16 heavy (non-hydrogen) atoms. The van der Waals surface area contributed by atoms with Crippen molar-refractivity contribution in [3.05, 3.63) is 23.7 Å². The zero-order valence-electron chi connectivity index (χ0n) is 9.07. The zero-order chi connectivity index (χ0) is 12.1. The van der Waals surface area contributed by atoms with Crippen molar-refractivity contribution < 1.29 is 13.9 Å². The lowest BCUT2D eigenvalue weighted by atomic mass is 10.4. The summed E-state index contributed by atoms with van der Waals surface area (Å²) in [4.78, 5) is 11.7. The zero-order valence-corrected chi connectivity index (χ0v) is 10.6. The fourth-order valence-electron chi connectivity index (χ4n) is 1.21. The van der Waals surface area contributed by atoms with Gasteiger partial charge in [-0.25, -0.2) is 0 Å². The Hall–Kier alpha value is -0.710. The van der Waals surface area contributed by atoms with Crippen molar-refractivity contribution in [2.24, 2.45) is 0 Å². The summed E-state index contributed by atoms with van der Waals surface area (Å²) in [6.07, 6.45) is 0. The Balaban J connectivity index is 2.55. The van der Waals surface area contributed by atoms with Crippen molar-refractivity contribution in [3.63, 3.8) is 0 Å². The number of carbonyl (C=O) groups is 1. The number of methoxy groups -OCH3 is 1. The Morgan fingerprint density at radius 2 is 2.12 bits per heavy atom. The van der Waals surface area contributed by atoms with Crippen LogP contribution in [0.3, 0.4) is 0 Å². The van der Waals surface area contributed by atoms with E-state index in [2.05, 4.69) is 0 Å². The van der Waals surface area contributed by atoms with Gasteiger partial charge in [0.2, 0.25) is 0 Å². The van der Waals surface area contributed by atoms with Gasteiger partial charge in [0.05, 0.1) is 6.54 Å². The summed E-state index contributed by atoms with van der Waals surface area (Å²) in [7, 11) is 3.20. The smallest absolute Gasteiger partial charge is 0.256 e. The summed E-state index contributed by atoms with van der Waals surface area (Å²) in [5.41, 5.74) is 0. The average molecular weight is 266 g/mol. The number of nitrogens with zero attached hydrogens (tertiary/aromatic N) is 1. The molecule has 1 heterocycles. The van der Waals surface area contributed by atoms with Crippen LogP contribution in [0.15, 0.2) is 16.5 Å². The molecule has 0 saturated heterocycles. The third-order valence-electron chi connectivity index (χ3n) is 1.96. The Bertz CT molecular complexity index is 352. The van der Waals surface area contributed by atoms with Crippen LogP contribution in [-0.4, -0.2) is 29.8 Å². The molecule has 0 aliphatic heterocycles. The topological polar surface area (TPSA) is 42.7 Å². The SMILES string of the molecule is COCc1ccc(CN(C)C(=O)C(Cl)Cl)o1. The number of amides is 1. The van der Waals surface area contributed by atoms with Gasteiger partial charge < -0.3 is 14.1 Å². The van der Waals surface area contributed by atoms with E-state index >= 15 is 0 Å². The normalized spacial score (nSPS) is 10.8. The summed E-state index contributed by atoms with van der Waals surface area (Å²) < 4.78 is 10.3. The Morgan fingerprint density at radius 1 is 1.50 bits per heavy atom. The van der Waals surface area contributed by atoms with E-state index in [1.54, 1.807) is 26.3 Å². The van der Waals surface area contributed by atoms with Gasteiger partial charge in [-0.3, -0.25) is 4.79 Å². The van der Waals surface area contributed by atoms with Gasteiger partial charge in [0, 0.05) is 14.2 Å². The average Bonchev–Trinajstić information content (AvgIpc) is 2.65. The molecule has 0 aliphatic rings. The van der Waals surface area contributed by atoms with Crippen molar-refractivity contribution in [1.82, 2.24) is 4.90 Å². The van der Waals surface area contributed by atoms with E-state index in [4.69, 9.17) is 32.4 Å². The van der Waals surface area contributed by atoms with Crippen molar-refractivity contribution >= 4 is 29.1 Å². The first-order valence-corrected chi connectivity index (χ1v) is 5.51. The molecule has 4 nitrogen and oxygen atoms in total. The van der Waals surface area contributed by atoms with Gasteiger partial charge >= 0.3 is 0 Å². The molecule has 0 bridgehead atoms. The van der Waals surface area contributed by atoms with Gasteiger partial charge in [0.25, 0.3) is 5.91 Å². The minimum atomic E-state index is -1.04. The molecule has 1 rings (SSSR count). The molecule has 0 atom stereocenters. The predicted octanol–water partition coefficient (Wildman–Crippen LogP) is 2.19. The van der Waals surface area contributed by atoms with Crippen molar-refractivity contribution in [2.75, 3.05) is 14.2 Å². The number of halogens is 2. The fraction of sp³-hybridized carbons (Fsp3) is 0.500. The largest absolute Gasteiger partial charge is 0.462 e. The molecule has 1 aromatic heterocycles. The number of carbonyl (C=O) groups excluding carboxylic acids is 1. The molecule has 1 aromatic rings. The van der Waals surface area contributed by atoms with Crippen LogP contribution in [0.5, 0.6) is 0 Å². The molecule has 0 aromatic carbocycles. The Kier molecular flexibility index (Phi) is 5.12. The second kappa shape index (κ2) is 6.13. The minimum absolute atomic E-state index is 0.332. The number of ether oxygens (including phenoxy) is 1. The molecule has 0 spiro atoms. The lowest BCUT2D eigenvalue weighted by Crippen LogP contribution is -2.30. The monoisotopic (exact) mass is 265 g/mol. The summed E-state index contributed by atoms with van der Waals surface area (Å²) in [6, 6.07) is 3.59. The van der Waals surface area contributed by atoms with Crippen LogP contribution in [0.2, 0.25) is 0 Å². The standard InChI is InChI=1S/C10H13Cl2NO3/c1-13(10(14)9(11)12)5-7-3-4-8(16-7)6-15-2/h3-4,9H,5-6H2,1-2H3. The Morgan fingerprint density at radius 3 is 2.69 bits per heavy atom. The van der Waals surface area contributed by atoms with Crippen LogP contribution in [0.25, 0.3) is 0 Å². The van der Waals surface area contributed by atoms with Crippen LogP contribution in [0, 0.1) is 0 Å². The van der Waals surface area contributed by atoms with E-state index < -0.39 is 4.84 Å². The Labute approximate surface area is 104 Å². The van der Waals surface area contributed by atoms with Crippen LogP contribution >= 0.6 is 23.2 Å². The van der Waals surface area contributed by atoms with E-state index in [9.17, 15) is 4.79 Å². The molecule has 1 amide bonds. The number of furan rings is 1. The third kappa shape index (κ3) is 3.70. The van der Waals surface area contributed by atoms with Crippen molar-refractivity contribution in [2.45, 2.75) is 18.0 Å². The highest BCUT2D eigenvalue weighted by Crippen LogP contribution is 2.13. The molecule has 6 heteroatoms. The highest BCUT2D eigenvalue weighted by atomic mass is 35.5. The fourth-order valence-corrected chi connectivity index (χ4v) is 1.54. The van der Waals surface area contributed by atoms with Crippen LogP contribution in [0.1, 0.15) is 11.5 Å². The van der Waals surface area contributed by atoms with Gasteiger partial charge in [-0.2, -0.15) is 0 Å². The van der Waals surface area contributed by atoms with Crippen LogP contribution < -0.4 is 0 Å². The minimum Gasteiger partial charge on any atom is -0.462 e. The molecule has 0 aliphatic carbocycles. The highest BCUT2D eigenvalue weighted by molar-refractivity contribution is 6.53. The first-order valence-electron chi connectivity index (χ1n) is 4.64. The molecule has 0 N–H and O–H groups in total. The van der Waals surface area contributed by atoms with E-state index in [1.807, 2.05) is 0 Å². The third-order valence-corrected chi connectivity index (χ3v) is 2.33. The first-order chi connectivity index (χ1) is 7.54. The highest BCUT2D eigenvalue weighted by Gasteiger charge is 2.17. The van der Waals surface area contributed by atoms with Crippen LogP contribution in [0.4, 0.5) is 0 Å². The van der Waals surface area contributed by atoms with Gasteiger partial charge in [0.15, 0.2) is 4.84 Å². The summed E-state index contributed by atoms with van der Waals surface area (Å²) in [5.74, 6) is 1.02. The van der Waals surface area contributed by atoms with Crippen LogP contribution in [-0.2, 0) is 22.7 Å². The van der Waals surface area contributed by atoms with E-state index in [1.165, 1.54) is 4.90 Å². The quantitative estimate of drug-likeness (QED) is 0.767. The van der Waals surface area contributed by atoms with E-state index in [0.717, 1.165) is 0 Å². The van der Waals surface area contributed by atoms with Crippen molar-refractivity contribution in [1.29, 1.82) is 0 Å². The van der Waals surface area contributed by atoms with E-state index in [-0.39, 0.29) is 5.91 Å². The molecular formula is C10H13Cl2NO3. The number of hydrogen-bond donors (Lipinski definition) is 0.